The van der Waals surface area contributed by atoms with Crippen LogP contribution in [0.5, 0.6) is 0 Å². The molecule has 1 N–H and O–H groups in total. The Hall–Kier alpha value is -2.04. The Morgan fingerprint density at radius 1 is 1.08 bits per heavy atom. The highest BCUT2D eigenvalue weighted by Crippen LogP contribution is 2.21. The van der Waals surface area contributed by atoms with Gasteiger partial charge in [-0.05, 0) is 30.2 Å². The number of halogens is 1. The van der Waals surface area contributed by atoms with E-state index in [1.165, 1.54) is 11.8 Å². The Balaban J connectivity index is 1.76. The number of aryl methyl sites for hydroxylation is 1. The number of nitrogens with zero attached hydrogens (tertiary/aromatic N) is 1. The van der Waals surface area contributed by atoms with Crippen molar-refractivity contribution in [3.8, 4) is 0 Å². The third-order valence-corrected chi connectivity index (χ3v) is 4.87. The third-order valence-electron chi connectivity index (χ3n) is 3.69. The van der Waals surface area contributed by atoms with Gasteiger partial charge in [-0.25, -0.2) is 4.98 Å². The van der Waals surface area contributed by atoms with Gasteiger partial charge >= 0.3 is 0 Å². The van der Waals surface area contributed by atoms with Gasteiger partial charge in [0.05, 0.1) is 0 Å². The lowest BCUT2D eigenvalue weighted by molar-refractivity contribution is 0.866. The largest absolute Gasteiger partial charge is 0.301 e. The minimum atomic E-state index is -0.0695. The summed E-state index contributed by atoms with van der Waals surface area (Å²) in [5, 5.41) is 1.35. The van der Waals surface area contributed by atoms with Crippen molar-refractivity contribution in [2.45, 2.75) is 24.3 Å². The molecule has 0 aliphatic rings. The average Bonchev–Trinajstić information content (AvgIpc) is 2.57. The van der Waals surface area contributed by atoms with Gasteiger partial charge in [0.15, 0.2) is 5.16 Å². The summed E-state index contributed by atoms with van der Waals surface area (Å²) >= 11 is 7.49. The van der Waals surface area contributed by atoms with Crippen LogP contribution >= 0.6 is 23.4 Å². The molecule has 24 heavy (non-hydrogen) atoms. The molecule has 1 heterocycles. The highest BCUT2D eigenvalue weighted by Gasteiger charge is 2.09. The van der Waals surface area contributed by atoms with E-state index in [9.17, 15) is 4.79 Å². The van der Waals surface area contributed by atoms with Crippen molar-refractivity contribution in [2.24, 2.45) is 0 Å². The van der Waals surface area contributed by atoms with Gasteiger partial charge in [0.2, 0.25) is 0 Å². The van der Waals surface area contributed by atoms with Crippen LogP contribution in [0.2, 0.25) is 5.02 Å². The zero-order chi connectivity index (χ0) is 16.9. The lowest BCUT2D eigenvalue weighted by Crippen LogP contribution is -2.17. The third kappa shape index (κ3) is 4.28. The Kier molecular flexibility index (Phi) is 5.38. The number of nitrogens with one attached hydrogen (secondary N) is 1. The molecule has 3 rings (SSSR count). The van der Waals surface area contributed by atoms with Crippen LogP contribution in [-0.4, -0.2) is 9.97 Å². The molecule has 0 bridgehead atoms. The molecule has 0 fully saturated rings. The van der Waals surface area contributed by atoms with E-state index in [1.807, 2.05) is 61.5 Å². The van der Waals surface area contributed by atoms with Gasteiger partial charge in [0, 0.05) is 28.5 Å². The van der Waals surface area contributed by atoms with Gasteiger partial charge in [-0.1, -0.05) is 65.8 Å². The van der Waals surface area contributed by atoms with Gasteiger partial charge in [0.1, 0.15) is 0 Å². The van der Waals surface area contributed by atoms with E-state index < -0.39 is 0 Å². The molecule has 0 aliphatic carbocycles. The molecule has 0 amide bonds. The molecule has 0 unspecified atom stereocenters. The first-order valence-electron chi connectivity index (χ1n) is 7.63. The second-order valence-corrected chi connectivity index (χ2v) is 6.92. The molecule has 0 aliphatic heterocycles. The fourth-order valence-corrected chi connectivity index (χ4v) is 3.50. The first-order valence-corrected chi connectivity index (χ1v) is 8.99. The molecule has 122 valence electrons. The van der Waals surface area contributed by atoms with Crippen LogP contribution in [0.3, 0.4) is 0 Å². The lowest BCUT2D eigenvalue weighted by Gasteiger charge is -2.07. The maximum absolute atomic E-state index is 12.4. The Morgan fingerprint density at radius 2 is 1.83 bits per heavy atom. The summed E-state index contributed by atoms with van der Waals surface area (Å²) in [6.07, 6.45) is 0.592. The summed E-state index contributed by atoms with van der Waals surface area (Å²) < 4.78 is 0. The number of aromatic nitrogens is 2. The van der Waals surface area contributed by atoms with Crippen molar-refractivity contribution in [1.82, 2.24) is 9.97 Å². The smallest absolute Gasteiger partial charge is 0.255 e. The van der Waals surface area contributed by atoms with Crippen molar-refractivity contribution in [3.63, 3.8) is 0 Å². The van der Waals surface area contributed by atoms with Crippen LogP contribution in [0.25, 0.3) is 0 Å². The number of H-pyrrole nitrogens is 1. The first-order chi connectivity index (χ1) is 11.6. The maximum Gasteiger partial charge on any atom is 0.255 e. The first kappa shape index (κ1) is 16.8. The predicted octanol–water partition coefficient (Wildman–Crippen LogP) is 4.61. The van der Waals surface area contributed by atoms with E-state index in [0.717, 1.165) is 16.8 Å². The SMILES string of the molecule is Cc1nc(SCc2cccc(Cl)c2)[nH]c(=O)c1Cc1ccccc1. The molecule has 2 aromatic carbocycles. The van der Waals surface area contributed by atoms with Crippen LogP contribution in [0, 0.1) is 6.92 Å². The number of hydrogen-bond donors (Lipinski definition) is 1. The molecule has 3 nitrogen and oxygen atoms in total. The fraction of sp³-hybridized carbons (Fsp3) is 0.158. The zero-order valence-corrected chi connectivity index (χ0v) is 14.8. The summed E-state index contributed by atoms with van der Waals surface area (Å²) in [6.45, 7) is 1.89. The van der Waals surface area contributed by atoms with E-state index in [4.69, 9.17) is 11.6 Å². The van der Waals surface area contributed by atoms with Crippen molar-refractivity contribution in [2.75, 3.05) is 0 Å². The van der Waals surface area contributed by atoms with Gasteiger partial charge < -0.3 is 4.98 Å². The van der Waals surface area contributed by atoms with Crippen molar-refractivity contribution in [3.05, 3.63) is 92.4 Å². The molecule has 5 heteroatoms. The van der Waals surface area contributed by atoms with Crippen molar-refractivity contribution in [1.29, 1.82) is 0 Å². The second kappa shape index (κ2) is 7.69. The van der Waals surface area contributed by atoms with Crippen LogP contribution in [0.15, 0.2) is 64.5 Å². The molecule has 3 aromatic rings. The number of aromatic amines is 1. The molecule has 0 saturated heterocycles. The minimum Gasteiger partial charge on any atom is -0.301 e. The van der Waals surface area contributed by atoms with Crippen LogP contribution < -0.4 is 5.56 Å². The van der Waals surface area contributed by atoms with Gasteiger partial charge in [-0.15, -0.1) is 0 Å². The minimum absolute atomic E-state index is 0.0695. The number of thioether (sulfide) groups is 1. The molecule has 0 spiro atoms. The fourth-order valence-electron chi connectivity index (χ4n) is 2.44. The van der Waals surface area contributed by atoms with Gasteiger partial charge in [-0.3, -0.25) is 4.79 Å². The summed E-state index contributed by atoms with van der Waals surface area (Å²) in [5.41, 5.74) is 3.62. The average molecular weight is 357 g/mol. The summed E-state index contributed by atoms with van der Waals surface area (Å²) in [6, 6.07) is 17.6. The highest BCUT2D eigenvalue weighted by atomic mass is 35.5. The van der Waals surface area contributed by atoms with Crippen LogP contribution in [-0.2, 0) is 12.2 Å². The number of hydrogen-bond acceptors (Lipinski definition) is 3. The monoisotopic (exact) mass is 356 g/mol. The molecule has 0 saturated carbocycles. The summed E-state index contributed by atoms with van der Waals surface area (Å²) in [4.78, 5) is 19.8. The highest BCUT2D eigenvalue weighted by molar-refractivity contribution is 7.98. The summed E-state index contributed by atoms with van der Waals surface area (Å²) in [7, 11) is 0. The quantitative estimate of drug-likeness (QED) is 0.536. The van der Waals surface area contributed by atoms with Crippen LogP contribution in [0.4, 0.5) is 0 Å². The van der Waals surface area contributed by atoms with E-state index >= 15 is 0 Å². The standard InChI is InChI=1S/C19H17ClN2OS/c1-13-17(11-14-6-3-2-4-7-14)18(23)22-19(21-13)24-12-15-8-5-9-16(20)10-15/h2-10H,11-12H2,1H3,(H,21,22,23). The van der Waals surface area contributed by atoms with E-state index in [2.05, 4.69) is 9.97 Å². The Bertz CT molecular complexity index is 893. The topological polar surface area (TPSA) is 45.8 Å². The maximum atomic E-state index is 12.4. The number of benzene rings is 2. The molecular formula is C19H17ClN2OS. The van der Waals surface area contributed by atoms with Gasteiger partial charge in [0.25, 0.3) is 5.56 Å². The Morgan fingerprint density at radius 3 is 2.54 bits per heavy atom. The van der Waals surface area contributed by atoms with Crippen molar-refractivity contribution < 1.29 is 0 Å². The molecule has 0 atom stereocenters. The zero-order valence-electron chi connectivity index (χ0n) is 13.3. The second-order valence-electron chi connectivity index (χ2n) is 5.52. The predicted molar refractivity (Wildman–Crippen MR) is 99.9 cm³/mol. The van der Waals surface area contributed by atoms with E-state index in [0.29, 0.717) is 27.9 Å². The summed E-state index contributed by atoms with van der Waals surface area (Å²) in [5.74, 6) is 0.709. The van der Waals surface area contributed by atoms with Gasteiger partial charge in [-0.2, -0.15) is 0 Å². The normalized spacial score (nSPS) is 10.8. The van der Waals surface area contributed by atoms with E-state index in [-0.39, 0.29) is 5.56 Å². The Labute approximate surface area is 150 Å². The van der Waals surface area contributed by atoms with E-state index in [1.54, 1.807) is 0 Å². The van der Waals surface area contributed by atoms with Crippen molar-refractivity contribution >= 4 is 23.4 Å². The molecule has 0 radical (unpaired) electrons. The number of rotatable bonds is 5. The molecule has 1 aromatic heterocycles. The van der Waals surface area contributed by atoms with Crippen LogP contribution in [0.1, 0.15) is 22.4 Å². The lowest BCUT2D eigenvalue weighted by atomic mass is 10.1. The molecular weight excluding hydrogens is 340 g/mol.